The van der Waals surface area contributed by atoms with Crippen molar-refractivity contribution in [3.8, 4) is 0 Å². The molecule has 0 aliphatic carbocycles. The van der Waals surface area contributed by atoms with Crippen LogP contribution in [0.5, 0.6) is 0 Å². The first-order valence-corrected chi connectivity index (χ1v) is 11.4. The average Bonchev–Trinajstić information content (AvgIpc) is 2.57. The molecular weight excluding hydrogens is 734 g/mol. The van der Waals surface area contributed by atoms with Gasteiger partial charge in [0.2, 0.25) is 5.91 Å². The minimum absolute atomic E-state index is 0.118. The summed E-state index contributed by atoms with van der Waals surface area (Å²) in [6.07, 6.45) is 0. The van der Waals surface area contributed by atoms with Crippen molar-refractivity contribution in [2.24, 2.45) is 5.73 Å². The van der Waals surface area contributed by atoms with Gasteiger partial charge in [-0.3, -0.25) is 4.79 Å². The second-order valence-corrected chi connectivity index (χ2v) is 9.75. The van der Waals surface area contributed by atoms with Crippen molar-refractivity contribution in [2.45, 2.75) is 0 Å². The zero-order valence-electron chi connectivity index (χ0n) is 12.4. The standard InChI is InChI=1S/C16H7Br6NO3/c17-7-3-1-5(11(19)13(7)21)9(15(23)24)10(16(25)26)6-2-4-8(18)14(22)12(6)20/h1-4H,(H2,23,24)(H,25,26). The molecule has 0 aromatic heterocycles. The van der Waals surface area contributed by atoms with E-state index in [1.807, 2.05) is 0 Å². The monoisotopic (exact) mass is 735 g/mol. The van der Waals surface area contributed by atoms with Crippen LogP contribution < -0.4 is 5.73 Å². The summed E-state index contributed by atoms with van der Waals surface area (Å²) in [5.41, 5.74) is 5.91. The lowest BCUT2D eigenvalue weighted by atomic mass is 9.94. The summed E-state index contributed by atoms with van der Waals surface area (Å²) in [6.45, 7) is 0. The maximum absolute atomic E-state index is 12.2. The van der Waals surface area contributed by atoms with Crippen LogP contribution in [0.25, 0.3) is 11.1 Å². The molecular formula is C16H7Br6NO3. The molecule has 136 valence electrons. The number of carboxylic acid groups (broad SMARTS) is 1. The summed E-state index contributed by atoms with van der Waals surface area (Å²) in [5.74, 6) is -2.14. The van der Waals surface area contributed by atoms with Gasteiger partial charge in [0.25, 0.3) is 0 Å². The molecule has 2 rings (SSSR count). The molecule has 0 heterocycles. The van der Waals surface area contributed by atoms with E-state index in [0.717, 1.165) is 8.95 Å². The maximum atomic E-state index is 12.2. The van der Waals surface area contributed by atoms with E-state index in [0.29, 0.717) is 29.0 Å². The molecule has 0 radical (unpaired) electrons. The molecule has 10 heteroatoms. The van der Waals surface area contributed by atoms with Crippen molar-refractivity contribution in [1.82, 2.24) is 0 Å². The highest BCUT2D eigenvalue weighted by Gasteiger charge is 2.27. The third-order valence-corrected chi connectivity index (χ3v) is 10.1. The quantitative estimate of drug-likeness (QED) is 0.207. The number of amides is 1. The second kappa shape index (κ2) is 9.00. The van der Waals surface area contributed by atoms with Crippen LogP contribution >= 0.6 is 95.6 Å². The second-order valence-electron chi connectivity index (χ2n) is 4.87. The van der Waals surface area contributed by atoms with Gasteiger partial charge in [0.05, 0.1) is 11.1 Å². The van der Waals surface area contributed by atoms with Gasteiger partial charge in [0.1, 0.15) is 0 Å². The van der Waals surface area contributed by atoms with Crippen molar-refractivity contribution in [2.75, 3.05) is 0 Å². The summed E-state index contributed by atoms with van der Waals surface area (Å²) in [7, 11) is 0. The molecule has 0 aliphatic rings. The van der Waals surface area contributed by atoms with Gasteiger partial charge in [-0.15, -0.1) is 0 Å². The van der Waals surface area contributed by atoms with E-state index in [9.17, 15) is 14.7 Å². The molecule has 0 fully saturated rings. The number of nitrogens with two attached hydrogens (primary N) is 1. The normalized spacial score (nSPS) is 11.9. The Morgan fingerprint density at radius 1 is 0.692 bits per heavy atom. The minimum atomic E-state index is -1.28. The van der Waals surface area contributed by atoms with Crippen molar-refractivity contribution in [1.29, 1.82) is 0 Å². The van der Waals surface area contributed by atoms with E-state index < -0.39 is 11.9 Å². The molecule has 0 unspecified atom stereocenters. The van der Waals surface area contributed by atoms with Gasteiger partial charge in [-0.1, -0.05) is 12.1 Å². The molecule has 0 saturated heterocycles. The fourth-order valence-electron chi connectivity index (χ4n) is 2.19. The third kappa shape index (κ3) is 4.35. The number of halogens is 6. The van der Waals surface area contributed by atoms with E-state index >= 15 is 0 Å². The molecule has 0 spiro atoms. The van der Waals surface area contributed by atoms with Crippen LogP contribution in [0.2, 0.25) is 0 Å². The summed E-state index contributed by atoms with van der Waals surface area (Å²) < 4.78 is 3.71. The number of rotatable bonds is 4. The van der Waals surface area contributed by atoms with E-state index in [2.05, 4.69) is 95.6 Å². The van der Waals surface area contributed by atoms with Crippen LogP contribution in [0.1, 0.15) is 11.1 Å². The number of carbonyl (C=O) groups is 2. The van der Waals surface area contributed by atoms with Crippen LogP contribution in [0.15, 0.2) is 51.1 Å². The van der Waals surface area contributed by atoms with E-state index in [1.165, 1.54) is 0 Å². The first-order chi connectivity index (χ1) is 12.1. The Hall–Kier alpha value is 0.000000000000000222. The Bertz CT molecular complexity index is 893. The fraction of sp³-hybridized carbons (Fsp3) is 0. The lowest BCUT2D eigenvalue weighted by Gasteiger charge is -2.15. The number of aliphatic carboxylic acids is 1. The first-order valence-electron chi connectivity index (χ1n) is 6.63. The summed E-state index contributed by atoms with van der Waals surface area (Å²) in [5, 5.41) is 9.86. The number of hydrogen-bond acceptors (Lipinski definition) is 2. The molecule has 2 aromatic carbocycles. The summed E-state index contributed by atoms with van der Waals surface area (Å²) in [4.78, 5) is 24.3. The Labute approximate surface area is 199 Å². The predicted molar refractivity (Wildman–Crippen MR) is 123 cm³/mol. The van der Waals surface area contributed by atoms with E-state index in [1.54, 1.807) is 24.3 Å². The topological polar surface area (TPSA) is 80.4 Å². The van der Waals surface area contributed by atoms with Crippen LogP contribution in [0, 0.1) is 0 Å². The lowest BCUT2D eigenvalue weighted by molar-refractivity contribution is -0.130. The van der Waals surface area contributed by atoms with Crippen LogP contribution in [0.3, 0.4) is 0 Å². The molecule has 4 nitrogen and oxygen atoms in total. The van der Waals surface area contributed by atoms with Gasteiger partial charge >= 0.3 is 5.97 Å². The molecule has 2 aromatic rings. The van der Waals surface area contributed by atoms with E-state index in [-0.39, 0.29) is 11.1 Å². The Kier molecular flexibility index (Phi) is 7.72. The average molecular weight is 741 g/mol. The summed E-state index contributed by atoms with van der Waals surface area (Å²) >= 11 is 20.3. The number of benzene rings is 2. The van der Waals surface area contributed by atoms with Crippen LogP contribution in [-0.2, 0) is 9.59 Å². The van der Waals surface area contributed by atoms with Gasteiger partial charge < -0.3 is 10.8 Å². The van der Waals surface area contributed by atoms with Gasteiger partial charge in [-0.25, -0.2) is 4.79 Å². The van der Waals surface area contributed by atoms with E-state index in [4.69, 9.17) is 5.73 Å². The summed E-state index contributed by atoms with van der Waals surface area (Å²) in [6, 6.07) is 6.58. The minimum Gasteiger partial charge on any atom is -0.478 e. The Morgan fingerprint density at radius 2 is 1.08 bits per heavy atom. The molecule has 0 atom stereocenters. The fourth-order valence-corrected chi connectivity index (χ4v) is 5.16. The Balaban J connectivity index is 2.97. The van der Waals surface area contributed by atoms with Crippen molar-refractivity contribution in [3.63, 3.8) is 0 Å². The molecule has 3 N–H and O–H groups in total. The van der Waals surface area contributed by atoms with Gasteiger partial charge in [0, 0.05) is 38.0 Å². The zero-order chi connectivity index (χ0) is 19.8. The van der Waals surface area contributed by atoms with Gasteiger partial charge in [-0.05, 0) is 108 Å². The van der Waals surface area contributed by atoms with Crippen molar-refractivity contribution < 1.29 is 14.7 Å². The highest BCUT2D eigenvalue weighted by Crippen LogP contribution is 2.42. The Morgan fingerprint density at radius 3 is 1.42 bits per heavy atom. The molecule has 0 bridgehead atoms. The number of primary amides is 1. The van der Waals surface area contributed by atoms with Gasteiger partial charge in [-0.2, -0.15) is 0 Å². The van der Waals surface area contributed by atoms with Crippen LogP contribution in [0.4, 0.5) is 0 Å². The number of carbonyl (C=O) groups excluding carboxylic acids is 1. The predicted octanol–water partition coefficient (Wildman–Crippen LogP) is 6.74. The highest BCUT2D eigenvalue weighted by atomic mass is 79.9. The van der Waals surface area contributed by atoms with Gasteiger partial charge in [0.15, 0.2) is 0 Å². The zero-order valence-corrected chi connectivity index (χ0v) is 21.9. The highest BCUT2D eigenvalue weighted by molar-refractivity contribution is 9.15. The molecule has 0 saturated carbocycles. The molecule has 0 aliphatic heterocycles. The molecule has 1 amide bonds. The third-order valence-electron chi connectivity index (χ3n) is 3.32. The first kappa shape index (κ1) is 22.3. The number of carboxylic acids is 1. The molecule has 26 heavy (non-hydrogen) atoms. The van der Waals surface area contributed by atoms with Crippen LogP contribution in [-0.4, -0.2) is 17.0 Å². The smallest absolute Gasteiger partial charge is 0.337 e. The van der Waals surface area contributed by atoms with Crippen molar-refractivity contribution in [3.05, 3.63) is 62.2 Å². The van der Waals surface area contributed by atoms with Crippen molar-refractivity contribution >= 4 is 119 Å². The SMILES string of the molecule is NC(=O)C(=C(C(=O)O)c1ccc(Br)c(Br)c1Br)c1ccc(Br)c(Br)c1Br. The maximum Gasteiger partial charge on any atom is 0.337 e. The largest absolute Gasteiger partial charge is 0.478 e. The number of hydrogen-bond donors (Lipinski definition) is 2. The lowest BCUT2D eigenvalue weighted by Crippen LogP contribution is -2.18.